The lowest BCUT2D eigenvalue weighted by atomic mass is 9.79. The van der Waals surface area contributed by atoms with E-state index in [0.717, 1.165) is 6.42 Å². The monoisotopic (exact) mass is 381 g/mol. The maximum absolute atomic E-state index is 13.2. The summed E-state index contributed by atoms with van der Waals surface area (Å²) in [5.74, 6) is 0.313. The smallest absolute Gasteiger partial charge is 0.259 e. The number of benzene rings is 1. The Balaban J connectivity index is 2.02. The Hall–Kier alpha value is -1.56. The lowest BCUT2D eigenvalue weighted by Gasteiger charge is -2.42. The molecule has 1 amide bonds. The van der Waals surface area contributed by atoms with Gasteiger partial charge < -0.3 is 15.2 Å². The molecule has 3 rings (SSSR count). The van der Waals surface area contributed by atoms with Crippen LogP contribution in [0.15, 0.2) is 22.7 Å². The van der Waals surface area contributed by atoms with E-state index in [4.69, 9.17) is 33.5 Å². The van der Waals surface area contributed by atoms with E-state index >= 15 is 0 Å². The molecule has 1 aromatic carbocycles. The van der Waals surface area contributed by atoms with Crippen LogP contribution in [-0.4, -0.2) is 35.1 Å². The van der Waals surface area contributed by atoms with Crippen molar-refractivity contribution < 1.29 is 9.32 Å². The minimum Gasteiger partial charge on any atom is -0.360 e. The molecule has 2 aromatic rings. The Morgan fingerprint density at radius 2 is 2.00 bits per heavy atom. The van der Waals surface area contributed by atoms with E-state index in [9.17, 15) is 4.79 Å². The molecule has 0 bridgehead atoms. The molecule has 0 aliphatic carbocycles. The zero-order valence-electron chi connectivity index (χ0n) is 14.5. The van der Waals surface area contributed by atoms with Gasteiger partial charge >= 0.3 is 0 Å². The zero-order valence-corrected chi connectivity index (χ0v) is 16.0. The molecular formula is C18H21Cl2N3O2. The maximum atomic E-state index is 13.2. The van der Waals surface area contributed by atoms with Crippen molar-refractivity contribution in [2.75, 3.05) is 13.1 Å². The highest BCUT2D eigenvalue weighted by Gasteiger charge is 2.37. The predicted molar refractivity (Wildman–Crippen MR) is 99.0 cm³/mol. The first-order valence-electron chi connectivity index (χ1n) is 8.18. The van der Waals surface area contributed by atoms with Gasteiger partial charge in [-0.25, -0.2) is 0 Å². The Labute approximate surface area is 157 Å². The minimum atomic E-state index is -0.152. The van der Waals surface area contributed by atoms with Gasteiger partial charge in [-0.15, -0.1) is 0 Å². The fraction of sp³-hybridized carbons (Fsp3) is 0.444. The summed E-state index contributed by atoms with van der Waals surface area (Å²) in [5, 5.41) is 4.91. The molecule has 7 heteroatoms. The standard InChI is InChI=1S/C18H21Cl2N3O2/c1-10-14(17(24)23-8-7-13(21)18(2,3)9-23)16(22-25-10)15-11(19)5-4-6-12(15)20/h4-6,13H,7-9,21H2,1-3H3. The second-order valence-electron chi connectivity index (χ2n) is 7.17. The normalized spacial score (nSPS) is 19.9. The van der Waals surface area contributed by atoms with Gasteiger partial charge in [0.2, 0.25) is 0 Å². The van der Waals surface area contributed by atoms with Gasteiger partial charge in [0.05, 0.1) is 10.0 Å². The number of hydrogen-bond acceptors (Lipinski definition) is 4. The van der Waals surface area contributed by atoms with E-state index in [-0.39, 0.29) is 17.4 Å². The summed E-state index contributed by atoms with van der Waals surface area (Å²) in [6.07, 6.45) is 0.755. The number of carbonyl (C=O) groups is 1. The summed E-state index contributed by atoms with van der Waals surface area (Å²) in [6.45, 7) is 7.04. The van der Waals surface area contributed by atoms with Crippen LogP contribution in [0.1, 0.15) is 36.4 Å². The van der Waals surface area contributed by atoms with Gasteiger partial charge in [-0.2, -0.15) is 0 Å². The van der Waals surface area contributed by atoms with Crippen LogP contribution in [0.4, 0.5) is 0 Å². The number of amides is 1. The zero-order chi connectivity index (χ0) is 18.4. The van der Waals surface area contributed by atoms with Crippen LogP contribution in [0.25, 0.3) is 11.3 Å². The molecule has 25 heavy (non-hydrogen) atoms. The largest absolute Gasteiger partial charge is 0.360 e. The first-order valence-corrected chi connectivity index (χ1v) is 8.93. The van der Waals surface area contributed by atoms with E-state index in [2.05, 4.69) is 19.0 Å². The van der Waals surface area contributed by atoms with Crippen molar-refractivity contribution in [3.05, 3.63) is 39.6 Å². The van der Waals surface area contributed by atoms with Crippen molar-refractivity contribution in [2.45, 2.75) is 33.2 Å². The van der Waals surface area contributed by atoms with E-state index in [1.54, 1.807) is 30.0 Å². The van der Waals surface area contributed by atoms with Gasteiger partial charge in [0.1, 0.15) is 17.0 Å². The third kappa shape index (κ3) is 3.28. The first kappa shape index (κ1) is 18.2. The highest BCUT2D eigenvalue weighted by molar-refractivity contribution is 6.39. The number of nitrogens with two attached hydrogens (primary N) is 1. The number of halogens is 2. The van der Waals surface area contributed by atoms with Gasteiger partial charge in [-0.3, -0.25) is 4.79 Å². The van der Waals surface area contributed by atoms with Gasteiger partial charge in [-0.1, -0.05) is 48.3 Å². The van der Waals surface area contributed by atoms with Gasteiger partial charge in [0, 0.05) is 24.7 Å². The molecule has 0 radical (unpaired) electrons. The molecule has 1 aliphatic rings. The fourth-order valence-corrected chi connectivity index (χ4v) is 3.80. The number of aromatic nitrogens is 1. The van der Waals surface area contributed by atoms with Gasteiger partial charge in [0.15, 0.2) is 0 Å². The summed E-state index contributed by atoms with van der Waals surface area (Å²) in [7, 11) is 0. The number of piperidine rings is 1. The van der Waals surface area contributed by atoms with Crippen molar-refractivity contribution in [1.29, 1.82) is 0 Å². The van der Waals surface area contributed by atoms with Crippen molar-refractivity contribution in [2.24, 2.45) is 11.1 Å². The molecule has 0 saturated carbocycles. The number of nitrogens with zero attached hydrogens (tertiary/aromatic N) is 2. The number of rotatable bonds is 2. The fourth-order valence-electron chi connectivity index (χ4n) is 3.22. The van der Waals surface area contributed by atoms with Crippen LogP contribution in [0.5, 0.6) is 0 Å². The van der Waals surface area contributed by atoms with Crippen molar-refractivity contribution in [3.63, 3.8) is 0 Å². The molecule has 2 heterocycles. The molecule has 134 valence electrons. The maximum Gasteiger partial charge on any atom is 0.259 e. The second-order valence-corrected chi connectivity index (χ2v) is 7.98. The summed E-state index contributed by atoms with van der Waals surface area (Å²) in [6, 6.07) is 5.24. The molecule has 0 spiro atoms. The number of carbonyl (C=O) groups excluding carboxylic acids is 1. The molecule has 1 unspecified atom stereocenters. The van der Waals surface area contributed by atoms with E-state index in [1.807, 2.05) is 0 Å². The number of aryl methyl sites for hydroxylation is 1. The lowest BCUT2D eigenvalue weighted by molar-refractivity contribution is 0.0532. The summed E-state index contributed by atoms with van der Waals surface area (Å²) >= 11 is 12.6. The molecule has 1 saturated heterocycles. The van der Waals surface area contributed by atoms with Crippen LogP contribution in [0.3, 0.4) is 0 Å². The quantitative estimate of drug-likeness (QED) is 0.847. The van der Waals surface area contributed by atoms with Crippen molar-refractivity contribution in [3.8, 4) is 11.3 Å². The van der Waals surface area contributed by atoms with E-state index in [1.165, 1.54) is 0 Å². The third-order valence-corrected chi connectivity index (χ3v) is 5.51. The van der Waals surface area contributed by atoms with E-state index < -0.39 is 0 Å². The Morgan fingerprint density at radius 3 is 2.60 bits per heavy atom. The average molecular weight is 382 g/mol. The molecule has 2 N–H and O–H groups in total. The Kier molecular flexibility index (Phi) is 4.84. The first-order chi connectivity index (χ1) is 11.7. The van der Waals surface area contributed by atoms with Crippen LogP contribution < -0.4 is 5.73 Å². The van der Waals surface area contributed by atoms with E-state index in [0.29, 0.717) is 45.7 Å². The van der Waals surface area contributed by atoms with Gasteiger partial charge in [0.25, 0.3) is 5.91 Å². The summed E-state index contributed by atoms with van der Waals surface area (Å²) in [4.78, 5) is 15.0. The molecule has 1 aromatic heterocycles. The molecule has 5 nitrogen and oxygen atoms in total. The highest BCUT2D eigenvalue weighted by atomic mass is 35.5. The molecule has 1 fully saturated rings. The van der Waals surface area contributed by atoms with Gasteiger partial charge in [-0.05, 0) is 30.9 Å². The van der Waals surface area contributed by atoms with Crippen molar-refractivity contribution >= 4 is 29.1 Å². The summed E-state index contributed by atoms with van der Waals surface area (Å²) in [5.41, 5.74) is 7.33. The highest BCUT2D eigenvalue weighted by Crippen LogP contribution is 2.38. The predicted octanol–water partition coefficient (Wildman–Crippen LogP) is 4.16. The second kappa shape index (κ2) is 6.63. The molecular weight excluding hydrogens is 361 g/mol. The van der Waals surface area contributed by atoms with Crippen LogP contribution in [-0.2, 0) is 0 Å². The SMILES string of the molecule is Cc1onc(-c2c(Cl)cccc2Cl)c1C(=O)N1CCC(N)C(C)(C)C1. The van der Waals surface area contributed by atoms with Crippen LogP contribution in [0.2, 0.25) is 10.0 Å². The van der Waals surface area contributed by atoms with Crippen LogP contribution >= 0.6 is 23.2 Å². The lowest BCUT2D eigenvalue weighted by Crippen LogP contribution is -2.54. The number of likely N-dealkylation sites (tertiary alicyclic amines) is 1. The average Bonchev–Trinajstić information content (AvgIpc) is 2.90. The Morgan fingerprint density at radius 1 is 1.36 bits per heavy atom. The topological polar surface area (TPSA) is 72.4 Å². The molecule has 1 aliphatic heterocycles. The Bertz CT molecular complexity index is 796. The minimum absolute atomic E-state index is 0.0672. The number of hydrogen-bond donors (Lipinski definition) is 1. The summed E-state index contributed by atoms with van der Waals surface area (Å²) < 4.78 is 5.31. The van der Waals surface area contributed by atoms with Crippen LogP contribution in [0, 0.1) is 12.3 Å². The third-order valence-electron chi connectivity index (χ3n) is 4.88. The molecule has 1 atom stereocenters. The van der Waals surface area contributed by atoms with Crippen molar-refractivity contribution in [1.82, 2.24) is 10.1 Å².